The molecule has 3 aromatic carbocycles. The molecule has 2 heterocycles. The summed E-state index contributed by atoms with van der Waals surface area (Å²) in [6, 6.07) is 20.5. The number of carbonyl (C=O) groups excluding carboxylic acids is 1. The Morgan fingerprint density at radius 3 is 1.79 bits per heavy atom. The molecule has 2 fully saturated rings. The number of carbonyl (C=O) groups is 1. The molecule has 2 aliphatic rings. The first-order chi connectivity index (χ1) is 17.2. The van der Waals surface area contributed by atoms with Crippen LogP contribution in [-0.2, 0) is 0 Å². The third-order valence-electron chi connectivity index (χ3n) is 6.81. The van der Waals surface area contributed by atoms with Gasteiger partial charge < -0.3 is 42.7 Å². The number of phenols is 1. The van der Waals surface area contributed by atoms with Crippen LogP contribution in [0.4, 0.5) is 22.7 Å². The molecule has 2 saturated heterocycles. The van der Waals surface area contributed by atoms with Gasteiger partial charge in [-0.15, -0.1) is 12.4 Å². The van der Waals surface area contributed by atoms with Gasteiger partial charge in [-0.3, -0.25) is 0 Å². The second kappa shape index (κ2) is 15.8. The van der Waals surface area contributed by atoms with E-state index in [1.807, 2.05) is 6.07 Å². The molecule has 9 nitrogen and oxygen atoms in total. The molecule has 220 valence electrons. The summed E-state index contributed by atoms with van der Waals surface area (Å²) in [6.07, 6.45) is 7.50. The lowest BCUT2D eigenvalue weighted by atomic mass is 10.1. The van der Waals surface area contributed by atoms with Gasteiger partial charge in [-0.05, 0) is 81.0 Å². The fourth-order valence-corrected chi connectivity index (χ4v) is 4.94. The molecule has 0 amide bonds. The van der Waals surface area contributed by atoms with E-state index in [0.29, 0.717) is 5.75 Å². The zero-order valence-corrected chi connectivity index (χ0v) is 23.2. The molecular formula is C29H48ClN5O4. The monoisotopic (exact) mass is 565 g/mol. The van der Waals surface area contributed by atoms with Crippen LogP contribution in [0.3, 0.4) is 0 Å². The lowest BCUT2D eigenvalue weighted by Crippen LogP contribution is -2.31. The van der Waals surface area contributed by atoms with Gasteiger partial charge in [-0.2, -0.15) is 0 Å². The molecule has 3 aromatic rings. The van der Waals surface area contributed by atoms with E-state index >= 15 is 0 Å². The van der Waals surface area contributed by atoms with Crippen LogP contribution in [0, 0.1) is 0 Å². The maximum Gasteiger partial charge on any atom is 0.347 e. The molecular weight excluding hydrogens is 518 g/mol. The zero-order chi connectivity index (χ0) is 24.0. The van der Waals surface area contributed by atoms with Crippen LogP contribution in [-0.4, -0.2) is 42.7 Å². The molecule has 10 N–H and O–H groups in total. The minimum absolute atomic E-state index is 0. The van der Waals surface area contributed by atoms with Gasteiger partial charge >= 0.3 is 5.97 Å². The number of halogens is 1. The van der Waals surface area contributed by atoms with E-state index in [2.05, 4.69) is 33.3 Å². The maximum atomic E-state index is 12.5. The highest BCUT2D eigenvalue weighted by molar-refractivity contribution is 5.94. The summed E-state index contributed by atoms with van der Waals surface area (Å²) in [6.45, 7) is 4.34. The standard InChI is InChI=1S/C29H33N3O3.ClH.2H3N.H2O.3H2/c33-28-20-22(12-13-27(28)29(34)35-26-10-4-1-5-11-26)30-23-18-24(31-14-6-2-7-15-31)21-25(19-23)32-16-8-3-9-17-32;;;;;;;/h1,4-5,10-13,18-21,30,33H,2-3,6-9,14-17H2;1H;2*1H3;1H2;3*1H. The molecule has 2 aliphatic heterocycles. The van der Waals surface area contributed by atoms with E-state index in [-0.39, 0.29) is 45.8 Å². The summed E-state index contributed by atoms with van der Waals surface area (Å²) in [4.78, 5) is 17.5. The molecule has 0 spiro atoms. The molecule has 0 radical (unpaired) electrons. The smallest absolute Gasteiger partial charge is 0.347 e. The fraction of sp³-hybridized carbons (Fsp3) is 0.345. The number of nitrogens with zero attached hydrogens (tertiary/aromatic N) is 2. The molecule has 5 rings (SSSR count). The van der Waals surface area contributed by atoms with Crippen molar-refractivity contribution < 1.29 is 24.4 Å². The van der Waals surface area contributed by atoms with Gasteiger partial charge in [0.15, 0.2) is 0 Å². The number of piperidine rings is 2. The zero-order valence-electron chi connectivity index (χ0n) is 22.4. The number of rotatable bonds is 6. The molecule has 0 aliphatic carbocycles. The van der Waals surface area contributed by atoms with Crippen molar-refractivity contribution in [2.75, 3.05) is 41.3 Å². The van der Waals surface area contributed by atoms with E-state index in [1.165, 1.54) is 49.9 Å². The van der Waals surface area contributed by atoms with Crippen LogP contribution in [0.25, 0.3) is 0 Å². The number of para-hydroxylation sites is 1. The third-order valence-corrected chi connectivity index (χ3v) is 6.81. The number of anilines is 4. The lowest BCUT2D eigenvalue weighted by Gasteiger charge is -2.33. The van der Waals surface area contributed by atoms with Gasteiger partial charge in [0.2, 0.25) is 0 Å². The molecule has 0 saturated carbocycles. The Morgan fingerprint density at radius 1 is 0.744 bits per heavy atom. The maximum absolute atomic E-state index is 12.5. The molecule has 0 bridgehead atoms. The molecule has 39 heavy (non-hydrogen) atoms. The predicted molar refractivity (Wildman–Crippen MR) is 169 cm³/mol. The summed E-state index contributed by atoms with van der Waals surface area (Å²) in [7, 11) is 0. The number of hydrogen-bond acceptors (Lipinski definition) is 8. The highest BCUT2D eigenvalue weighted by atomic mass is 35.5. The third kappa shape index (κ3) is 8.49. The average molecular weight is 566 g/mol. The van der Waals surface area contributed by atoms with E-state index in [9.17, 15) is 9.90 Å². The summed E-state index contributed by atoms with van der Waals surface area (Å²) in [5.41, 5.74) is 4.31. The Balaban J connectivity index is -0.00000217. The number of benzene rings is 3. The minimum atomic E-state index is -0.584. The van der Waals surface area contributed by atoms with Crippen molar-refractivity contribution in [3.8, 4) is 11.5 Å². The van der Waals surface area contributed by atoms with Crippen molar-refractivity contribution in [3.05, 3.63) is 72.3 Å². The van der Waals surface area contributed by atoms with E-state index < -0.39 is 5.97 Å². The highest BCUT2D eigenvalue weighted by Gasteiger charge is 2.18. The summed E-state index contributed by atoms with van der Waals surface area (Å²) in [5, 5.41) is 14.0. The van der Waals surface area contributed by atoms with Gasteiger partial charge in [0.1, 0.15) is 17.1 Å². The van der Waals surface area contributed by atoms with E-state index in [4.69, 9.17) is 4.74 Å². The van der Waals surface area contributed by atoms with Crippen LogP contribution in [0.2, 0.25) is 0 Å². The second-order valence-corrected chi connectivity index (χ2v) is 9.39. The first kappa shape index (κ1) is 33.5. The van der Waals surface area contributed by atoms with Gasteiger partial charge in [0, 0.05) is 59.3 Å². The van der Waals surface area contributed by atoms with E-state index in [0.717, 1.165) is 37.6 Å². The van der Waals surface area contributed by atoms with Crippen LogP contribution in [0.1, 0.15) is 53.2 Å². The van der Waals surface area contributed by atoms with Gasteiger partial charge in [-0.25, -0.2) is 4.79 Å². The summed E-state index contributed by atoms with van der Waals surface area (Å²) >= 11 is 0. The lowest BCUT2D eigenvalue weighted by molar-refractivity contribution is 0.0731. The number of ether oxygens (including phenoxy) is 1. The summed E-state index contributed by atoms with van der Waals surface area (Å²) < 4.78 is 5.37. The summed E-state index contributed by atoms with van der Waals surface area (Å²) in [5.74, 6) is -0.252. The number of aromatic hydroxyl groups is 1. The molecule has 0 aromatic heterocycles. The van der Waals surface area contributed by atoms with Crippen LogP contribution in [0.5, 0.6) is 11.5 Å². The first-order valence-corrected chi connectivity index (χ1v) is 12.7. The Morgan fingerprint density at radius 2 is 1.28 bits per heavy atom. The van der Waals surface area contributed by atoms with E-state index in [1.54, 1.807) is 42.5 Å². The van der Waals surface area contributed by atoms with Crippen molar-refractivity contribution in [1.82, 2.24) is 12.3 Å². The number of esters is 1. The Labute approximate surface area is 241 Å². The van der Waals surface area contributed by atoms with Crippen molar-refractivity contribution in [2.45, 2.75) is 38.5 Å². The topological polar surface area (TPSA) is 167 Å². The van der Waals surface area contributed by atoms with Crippen LogP contribution >= 0.6 is 12.4 Å². The average Bonchev–Trinajstić information content (AvgIpc) is 2.90. The molecule has 10 heteroatoms. The molecule has 0 atom stereocenters. The molecule has 0 unspecified atom stereocenters. The number of nitrogens with one attached hydrogen (secondary N) is 1. The minimum Gasteiger partial charge on any atom is -0.507 e. The van der Waals surface area contributed by atoms with Gasteiger partial charge in [0.25, 0.3) is 0 Å². The largest absolute Gasteiger partial charge is 0.507 e. The van der Waals surface area contributed by atoms with Crippen molar-refractivity contribution in [3.63, 3.8) is 0 Å². The Kier molecular flexibility index (Phi) is 13.6. The van der Waals surface area contributed by atoms with Crippen molar-refractivity contribution in [1.29, 1.82) is 0 Å². The second-order valence-electron chi connectivity index (χ2n) is 9.39. The highest BCUT2D eigenvalue weighted by Crippen LogP contribution is 2.33. The predicted octanol–water partition coefficient (Wildman–Crippen LogP) is 6.99. The van der Waals surface area contributed by atoms with Gasteiger partial charge in [-0.1, -0.05) is 18.2 Å². The SMILES string of the molecule is Cl.N.N.O.O=C(Oc1ccccc1)c1ccc(Nc2cc(N3CCCCC3)cc(N3CCCCC3)c2)cc1O.[HH].[HH].[HH]. The fourth-order valence-electron chi connectivity index (χ4n) is 4.94. The normalized spacial score (nSPS) is 14.5. The van der Waals surface area contributed by atoms with Crippen molar-refractivity contribution >= 4 is 41.1 Å². The number of hydrogen-bond donors (Lipinski definition) is 4. The van der Waals surface area contributed by atoms with Crippen molar-refractivity contribution in [2.24, 2.45) is 0 Å². The quantitative estimate of drug-likeness (QED) is 0.183. The number of phenolic OH excluding ortho intramolecular Hbond substituents is 1. The van der Waals surface area contributed by atoms with Gasteiger partial charge in [0.05, 0.1) is 0 Å². The van der Waals surface area contributed by atoms with Crippen LogP contribution in [0.15, 0.2) is 66.7 Å². The Bertz CT molecular complexity index is 1150. The Hall–Kier alpha value is -3.50. The first-order valence-electron chi connectivity index (χ1n) is 12.7. The van der Waals surface area contributed by atoms with Crippen LogP contribution < -0.4 is 32.2 Å².